The highest BCUT2D eigenvalue weighted by Gasteiger charge is 2.06. The summed E-state index contributed by atoms with van der Waals surface area (Å²) < 4.78 is 5.45. The van der Waals surface area contributed by atoms with Crippen molar-refractivity contribution in [3.05, 3.63) is 24.3 Å². The molecule has 1 amide bonds. The van der Waals surface area contributed by atoms with Gasteiger partial charge in [-0.3, -0.25) is 4.79 Å². The number of nitrogen functional groups attached to an aromatic ring is 1. The van der Waals surface area contributed by atoms with Gasteiger partial charge < -0.3 is 15.8 Å². The summed E-state index contributed by atoms with van der Waals surface area (Å²) in [4.78, 5) is 11.6. The van der Waals surface area contributed by atoms with Gasteiger partial charge in [-0.25, -0.2) is 0 Å². The Hall–Kier alpha value is -1.36. The molecule has 1 unspecified atom stereocenters. The molecule has 0 saturated carbocycles. The second-order valence-corrected chi connectivity index (χ2v) is 5.01. The van der Waals surface area contributed by atoms with E-state index in [4.69, 9.17) is 10.5 Å². The zero-order valence-corrected chi connectivity index (χ0v) is 11.6. The minimum atomic E-state index is 0.0143. The molecule has 1 aromatic carbocycles. The monoisotopic (exact) mass is 268 g/mol. The maximum absolute atomic E-state index is 11.6. The van der Waals surface area contributed by atoms with E-state index in [1.54, 1.807) is 23.9 Å². The molecule has 3 N–H and O–H groups in total. The Kier molecular flexibility index (Phi) is 6.43. The van der Waals surface area contributed by atoms with Crippen molar-refractivity contribution in [1.29, 1.82) is 0 Å². The fourth-order valence-electron chi connectivity index (χ4n) is 1.50. The first-order valence-corrected chi connectivity index (χ1v) is 7.28. The van der Waals surface area contributed by atoms with Crippen LogP contribution in [0.1, 0.15) is 13.3 Å². The summed E-state index contributed by atoms with van der Waals surface area (Å²) in [6.07, 6.45) is 2.37. The van der Waals surface area contributed by atoms with Crippen molar-refractivity contribution in [2.24, 2.45) is 0 Å². The average Bonchev–Trinajstić information content (AvgIpc) is 2.29. The number of ether oxygens (including phenoxy) is 1. The molecule has 0 radical (unpaired) electrons. The predicted molar refractivity (Wildman–Crippen MR) is 77.0 cm³/mol. The topological polar surface area (TPSA) is 64.3 Å². The Morgan fingerprint density at radius 2 is 2.33 bits per heavy atom. The maximum atomic E-state index is 11.6. The smallest absolute Gasteiger partial charge is 0.223 e. The summed E-state index contributed by atoms with van der Waals surface area (Å²) in [6.45, 7) is 2.36. The lowest BCUT2D eigenvalue weighted by Crippen LogP contribution is -2.34. The predicted octanol–water partition coefficient (Wildman–Crippen LogP) is 1.91. The number of amides is 1. The summed E-state index contributed by atoms with van der Waals surface area (Å²) in [5, 5.41) is 2.91. The number of carbonyl (C=O) groups excluding carboxylic acids is 1. The fourth-order valence-corrected chi connectivity index (χ4v) is 2.09. The first-order chi connectivity index (χ1) is 8.61. The van der Waals surface area contributed by atoms with Crippen molar-refractivity contribution in [1.82, 2.24) is 5.32 Å². The highest BCUT2D eigenvalue weighted by molar-refractivity contribution is 7.98. The standard InChI is InChI=1S/C13H20N2O2S/c1-10(9-18-2)15-13(16)6-7-17-12-5-3-4-11(14)8-12/h3-5,8,10H,6-7,9,14H2,1-2H3,(H,15,16). The van der Waals surface area contributed by atoms with Gasteiger partial charge >= 0.3 is 0 Å². The second-order valence-electron chi connectivity index (χ2n) is 4.09. The van der Waals surface area contributed by atoms with Crippen molar-refractivity contribution < 1.29 is 9.53 Å². The summed E-state index contributed by atoms with van der Waals surface area (Å²) in [5.41, 5.74) is 6.29. The van der Waals surface area contributed by atoms with E-state index in [0.29, 0.717) is 24.5 Å². The summed E-state index contributed by atoms with van der Waals surface area (Å²) in [7, 11) is 0. The van der Waals surface area contributed by atoms with Crippen LogP contribution in [0.4, 0.5) is 5.69 Å². The normalized spacial score (nSPS) is 11.9. The number of rotatable bonds is 7. The Balaban J connectivity index is 2.23. The number of nitrogens with one attached hydrogen (secondary N) is 1. The molecule has 1 rings (SSSR count). The molecule has 0 aliphatic carbocycles. The number of benzene rings is 1. The van der Waals surface area contributed by atoms with Gasteiger partial charge in [0, 0.05) is 23.5 Å². The Morgan fingerprint density at radius 1 is 1.56 bits per heavy atom. The van der Waals surface area contributed by atoms with Crippen LogP contribution in [0.2, 0.25) is 0 Å². The van der Waals surface area contributed by atoms with Gasteiger partial charge in [0.25, 0.3) is 0 Å². The number of carbonyl (C=O) groups is 1. The average molecular weight is 268 g/mol. The van der Waals surface area contributed by atoms with Crippen molar-refractivity contribution in [2.75, 3.05) is 24.3 Å². The Labute approximate surface area is 112 Å². The lowest BCUT2D eigenvalue weighted by atomic mass is 10.3. The molecule has 5 heteroatoms. The van der Waals surface area contributed by atoms with Crippen LogP contribution < -0.4 is 15.8 Å². The van der Waals surface area contributed by atoms with Gasteiger partial charge in [-0.1, -0.05) is 6.07 Å². The van der Waals surface area contributed by atoms with E-state index in [2.05, 4.69) is 5.32 Å². The highest BCUT2D eigenvalue weighted by atomic mass is 32.2. The third kappa shape index (κ3) is 5.82. The van der Waals surface area contributed by atoms with E-state index in [9.17, 15) is 4.79 Å². The van der Waals surface area contributed by atoms with Crippen LogP contribution in [0, 0.1) is 0 Å². The SMILES string of the molecule is CSCC(C)NC(=O)CCOc1cccc(N)c1. The van der Waals surface area contributed by atoms with Gasteiger partial charge in [0.15, 0.2) is 0 Å². The van der Waals surface area contributed by atoms with Gasteiger partial charge in [-0.05, 0) is 25.3 Å². The van der Waals surface area contributed by atoms with Crippen LogP contribution in [-0.2, 0) is 4.79 Å². The van der Waals surface area contributed by atoms with Gasteiger partial charge in [-0.15, -0.1) is 0 Å². The maximum Gasteiger partial charge on any atom is 0.223 e. The largest absolute Gasteiger partial charge is 0.493 e. The number of hydrogen-bond acceptors (Lipinski definition) is 4. The van der Waals surface area contributed by atoms with Crippen molar-refractivity contribution in [2.45, 2.75) is 19.4 Å². The molecule has 4 nitrogen and oxygen atoms in total. The minimum absolute atomic E-state index is 0.0143. The van der Waals surface area contributed by atoms with E-state index in [0.717, 1.165) is 5.75 Å². The van der Waals surface area contributed by atoms with Gasteiger partial charge in [0.2, 0.25) is 5.91 Å². The first-order valence-electron chi connectivity index (χ1n) is 5.88. The molecule has 0 aromatic heterocycles. The highest BCUT2D eigenvalue weighted by Crippen LogP contribution is 2.14. The molecule has 0 fully saturated rings. The molecule has 0 heterocycles. The quantitative estimate of drug-likeness (QED) is 0.741. The van der Waals surface area contributed by atoms with E-state index in [-0.39, 0.29) is 11.9 Å². The molecule has 0 aliphatic rings. The number of thioether (sulfide) groups is 1. The molecule has 100 valence electrons. The van der Waals surface area contributed by atoms with Crippen LogP contribution in [0.15, 0.2) is 24.3 Å². The molecular weight excluding hydrogens is 248 g/mol. The van der Waals surface area contributed by atoms with Crippen LogP contribution in [-0.4, -0.2) is 30.6 Å². The van der Waals surface area contributed by atoms with Crippen LogP contribution in [0.3, 0.4) is 0 Å². The summed E-state index contributed by atoms with van der Waals surface area (Å²) in [6, 6.07) is 7.38. The van der Waals surface area contributed by atoms with Gasteiger partial charge in [-0.2, -0.15) is 11.8 Å². The minimum Gasteiger partial charge on any atom is -0.493 e. The lowest BCUT2D eigenvalue weighted by molar-refractivity contribution is -0.122. The number of nitrogens with two attached hydrogens (primary N) is 1. The summed E-state index contributed by atoms with van der Waals surface area (Å²) in [5.74, 6) is 1.63. The zero-order valence-electron chi connectivity index (χ0n) is 10.8. The van der Waals surface area contributed by atoms with E-state index >= 15 is 0 Å². The third-order valence-corrected chi connectivity index (χ3v) is 3.11. The van der Waals surface area contributed by atoms with Crippen molar-refractivity contribution in [3.63, 3.8) is 0 Å². The molecule has 0 spiro atoms. The van der Waals surface area contributed by atoms with Crippen LogP contribution in [0.5, 0.6) is 5.75 Å². The van der Waals surface area contributed by atoms with E-state index < -0.39 is 0 Å². The fraction of sp³-hybridized carbons (Fsp3) is 0.462. The molecule has 0 bridgehead atoms. The van der Waals surface area contributed by atoms with Crippen LogP contribution in [0.25, 0.3) is 0 Å². The summed E-state index contributed by atoms with van der Waals surface area (Å²) >= 11 is 1.71. The van der Waals surface area contributed by atoms with Crippen molar-refractivity contribution >= 4 is 23.4 Å². The number of anilines is 1. The van der Waals surface area contributed by atoms with Gasteiger partial charge in [0.05, 0.1) is 13.0 Å². The molecule has 1 aromatic rings. The molecule has 1 atom stereocenters. The Bertz CT molecular complexity index is 385. The first kappa shape index (κ1) is 14.7. The number of hydrogen-bond donors (Lipinski definition) is 2. The lowest BCUT2D eigenvalue weighted by Gasteiger charge is -2.12. The molecule has 0 aliphatic heterocycles. The second kappa shape index (κ2) is 7.87. The van der Waals surface area contributed by atoms with E-state index in [1.165, 1.54) is 0 Å². The Morgan fingerprint density at radius 3 is 3.00 bits per heavy atom. The molecular formula is C13H20N2O2S. The molecule has 0 saturated heterocycles. The van der Waals surface area contributed by atoms with Crippen molar-refractivity contribution in [3.8, 4) is 5.75 Å². The van der Waals surface area contributed by atoms with Gasteiger partial charge in [0.1, 0.15) is 5.75 Å². The van der Waals surface area contributed by atoms with Crippen LogP contribution >= 0.6 is 11.8 Å². The van der Waals surface area contributed by atoms with E-state index in [1.807, 2.05) is 25.3 Å². The molecule has 18 heavy (non-hydrogen) atoms. The zero-order chi connectivity index (χ0) is 13.4. The third-order valence-electron chi connectivity index (χ3n) is 2.28.